The molecule has 2 aromatic rings. The third kappa shape index (κ3) is 9.14. The number of unbranched alkanes of at least 4 members (excludes halogenated alkanes) is 1. The van der Waals surface area contributed by atoms with Crippen molar-refractivity contribution < 1.29 is 24.2 Å². The molecule has 55 heavy (non-hydrogen) atoms. The van der Waals surface area contributed by atoms with Crippen LogP contribution in [0.1, 0.15) is 177 Å². The molecule has 0 saturated carbocycles. The summed E-state index contributed by atoms with van der Waals surface area (Å²) in [6, 6.07) is 14.0. The summed E-state index contributed by atoms with van der Waals surface area (Å²) in [6.45, 7) is 32.2. The Labute approximate surface area is 334 Å². The minimum absolute atomic E-state index is 0.233. The van der Waals surface area contributed by atoms with Crippen LogP contribution in [0, 0.1) is 5.41 Å². The van der Waals surface area contributed by atoms with E-state index in [0.29, 0.717) is 32.1 Å². The molecular weight excluding hydrogens is 685 g/mol. The number of phenolic OH excluding ortho intramolecular Hbond substituents is 1. The number of rotatable bonds is 10. The second kappa shape index (κ2) is 15.5. The Morgan fingerprint density at radius 2 is 1.05 bits per heavy atom. The normalized spacial score (nSPS) is 21.5. The van der Waals surface area contributed by atoms with E-state index in [1.165, 1.54) is 0 Å². The summed E-state index contributed by atoms with van der Waals surface area (Å²) in [4.78, 5) is 36.3. The van der Waals surface area contributed by atoms with Crippen molar-refractivity contribution in [2.24, 2.45) is 5.41 Å². The quantitative estimate of drug-likeness (QED) is 0.191. The molecule has 2 aromatic carbocycles. The molecule has 1 N–H and O–H groups in total. The Morgan fingerprint density at radius 3 is 1.38 bits per heavy atom. The Hall–Kier alpha value is -2.90. The number of carbonyl (C=O) groups excluding carboxylic acids is 2. The van der Waals surface area contributed by atoms with Crippen LogP contribution in [0.15, 0.2) is 42.5 Å². The van der Waals surface area contributed by atoms with E-state index in [-0.39, 0.29) is 34.3 Å². The number of esters is 2. The lowest BCUT2D eigenvalue weighted by Gasteiger charge is -2.54. The molecule has 0 amide bonds. The Balaban J connectivity index is 2.06. The van der Waals surface area contributed by atoms with Gasteiger partial charge in [0.15, 0.2) is 5.41 Å². The molecule has 2 heterocycles. The highest BCUT2D eigenvalue weighted by Gasteiger charge is 2.58. The molecule has 0 aromatic heterocycles. The topological polar surface area (TPSA) is 79.3 Å². The maximum absolute atomic E-state index is 15.8. The van der Waals surface area contributed by atoms with E-state index in [1.54, 1.807) is 0 Å². The van der Waals surface area contributed by atoms with E-state index in [9.17, 15) is 5.11 Å². The number of aromatic hydroxyl groups is 1. The zero-order valence-electron chi connectivity index (χ0n) is 37.7. The van der Waals surface area contributed by atoms with Gasteiger partial charge in [0.2, 0.25) is 0 Å². The summed E-state index contributed by atoms with van der Waals surface area (Å²) in [5.74, 6) is -1.53. The lowest BCUT2D eigenvalue weighted by Crippen LogP contribution is -2.61. The molecule has 7 nitrogen and oxygen atoms in total. The molecule has 1 unspecified atom stereocenters. The molecule has 0 aliphatic carbocycles. The fraction of sp³-hybridized carbons (Fsp3) is 0.708. The molecule has 0 radical (unpaired) electrons. The molecule has 308 valence electrons. The lowest BCUT2D eigenvalue weighted by atomic mass is 9.64. The number of piperidine rings is 2. The Kier molecular flexibility index (Phi) is 12.6. The van der Waals surface area contributed by atoms with Gasteiger partial charge in [-0.25, -0.2) is 0 Å². The van der Waals surface area contributed by atoms with Gasteiger partial charge in [-0.2, -0.15) is 0 Å². The molecular formula is C48H76N2O5. The number of nitrogens with zero attached hydrogens (tertiary/aromatic N) is 2. The number of hydrogen-bond acceptors (Lipinski definition) is 7. The molecule has 0 bridgehead atoms. The molecule has 2 aliphatic heterocycles. The minimum atomic E-state index is -1.71. The van der Waals surface area contributed by atoms with Crippen molar-refractivity contribution >= 4 is 11.9 Å². The monoisotopic (exact) mass is 761 g/mol. The van der Waals surface area contributed by atoms with E-state index in [4.69, 9.17) is 9.47 Å². The van der Waals surface area contributed by atoms with Crippen LogP contribution in [0.4, 0.5) is 0 Å². The standard InChI is InChI=1S/C48H76N2O5/c1-18-19-25-48(40(52)54-34-28-44(8,9)49(16)45(10,11)29-34,41(53)55-35-30-46(12,13)50(17)47(14,15)31-35)38(32-23-21-20-22-24-32)33-26-36(42(2,3)4)39(51)37(27-33)43(5,6)7/h20-24,26-27,34-35,38,51H,18-19,25,28-31H2,1-17H3. The number of benzene rings is 2. The van der Waals surface area contributed by atoms with E-state index in [2.05, 4.69) is 128 Å². The molecule has 2 saturated heterocycles. The molecule has 4 rings (SSSR count). The van der Waals surface area contributed by atoms with Gasteiger partial charge in [-0.1, -0.05) is 104 Å². The van der Waals surface area contributed by atoms with E-state index < -0.39 is 46.3 Å². The van der Waals surface area contributed by atoms with Gasteiger partial charge in [0.05, 0.1) is 0 Å². The largest absolute Gasteiger partial charge is 0.507 e. The fourth-order valence-electron chi connectivity index (χ4n) is 9.74. The van der Waals surface area contributed by atoms with Crippen molar-refractivity contribution in [2.75, 3.05) is 14.1 Å². The van der Waals surface area contributed by atoms with Gasteiger partial charge in [0.1, 0.15) is 18.0 Å². The van der Waals surface area contributed by atoms with Crippen LogP contribution in [-0.2, 0) is 29.9 Å². The molecule has 1 atom stereocenters. The van der Waals surface area contributed by atoms with Crippen LogP contribution in [-0.4, -0.2) is 75.3 Å². The summed E-state index contributed by atoms with van der Waals surface area (Å²) in [6.07, 6.45) is 3.46. The van der Waals surface area contributed by atoms with Crippen LogP contribution < -0.4 is 0 Å². The highest BCUT2D eigenvalue weighted by Crippen LogP contribution is 2.52. The Bertz CT molecular complexity index is 1550. The molecule has 0 spiro atoms. The summed E-state index contributed by atoms with van der Waals surface area (Å²) in [5, 5.41) is 11.9. The van der Waals surface area contributed by atoms with Crippen molar-refractivity contribution in [1.29, 1.82) is 0 Å². The number of ether oxygens (including phenoxy) is 2. The van der Waals surface area contributed by atoms with Gasteiger partial charge < -0.3 is 14.6 Å². The van der Waals surface area contributed by atoms with Crippen LogP contribution in [0.25, 0.3) is 0 Å². The van der Waals surface area contributed by atoms with Gasteiger partial charge in [0, 0.05) is 53.8 Å². The highest BCUT2D eigenvalue weighted by molar-refractivity contribution is 6.02. The summed E-state index contributed by atoms with van der Waals surface area (Å²) >= 11 is 0. The first-order valence-electron chi connectivity index (χ1n) is 20.8. The predicted octanol–water partition coefficient (Wildman–Crippen LogP) is 10.7. The predicted molar refractivity (Wildman–Crippen MR) is 226 cm³/mol. The maximum Gasteiger partial charge on any atom is 0.324 e. The number of carbonyl (C=O) groups is 2. The lowest BCUT2D eigenvalue weighted by molar-refractivity contribution is -0.189. The first-order chi connectivity index (χ1) is 25.0. The second-order valence-electron chi connectivity index (χ2n) is 21.6. The van der Waals surface area contributed by atoms with Crippen molar-refractivity contribution in [2.45, 2.75) is 200 Å². The zero-order chi connectivity index (χ0) is 41.7. The van der Waals surface area contributed by atoms with Crippen LogP contribution in [0.3, 0.4) is 0 Å². The average molecular weight is 761 g/mol. The van der Waals surface area contributed by atoms with Gasteiger partial charge in [0.25, 0.3) is 0 Å². The summed E-state index contributed by atoms with van der Waals surface area (Å²) in [5.41, 5.74) is -0.299. The highest BCUT2D eigenvalue weighted by atomic mass is 16.6. The number of phenols is 1. The second-order valence-corrected chi connectivity index (χ2v) is 21.6. The van der Waals surface area contributed by atoms with Crippen molar-refractivity contribution in [3.8, 4) is 5.75 Å². The van der Waals surface area contributed by atoms with Crippen LogP contribution >= 0.6 is 0 Å². The third-order valence-corrected chi connectivity index (χ3v) is 13.4. The van der Waals surface area contributed by atoms with E-state index >= 15 is 9.59 Å². The average Bonchev–Trinajstić information content (AvgIpc) is 3.03. The first kappa shape index (κ1) is 44.8. The summed E-state index contributed by atoms with van der Waals surface area (Å²) < 4.78 is 13.6. The molecule has 2 fully saturated rings. The third-order valence-electron chi connectivity index (χ3n) is 13.4. The van der Waals surface area contributed by atoms with Crippen molar-refractivity contribution in [3.05, 3.63) is 64.7 Å². The summed E-state index contributed by atoms with van der Waals surface area (Å²) in [7, 11) is 4.28. The fourth-order valence-corrected chi connectivity index (χ4v) is 9.74. The minimum Gasteiger partial charge on any atom is -0.507 e. The molecule has 7 heteroatoms. The van der Waals surface area contributed by atoms with Crippen molar-refractivity contribution in [3.63, 3.8) is 0 Å². The van der Waals surface area contributed by atoms with Gasteiger partial charge in [-0.05, 0) is 109 Å². The number of likely N-dealkylation sites (tertiary alicyclic amines) is 2. The Morgan fingerprint density at radius 1 is 0.691 bits per heavy atom. The maximum atomic E-state index is 15.8. The van der Waals surface area contributed by atoms with Crippen molar-refractivity contribution in [1.82, 2.24) is 9.80 Å². The van der Waals surface area contributed by atoms with E-state index in [0.717, 1.165) is 28.7 Å². The van der Waals surface area contributed by atoms with Gasteiger partial charge in [-0.3, -0.25) is 19.4 Å². The number of hydrogen-bond donors (Lipinski definition) is 1. The first-order valence-corrected chi connectivity index (χ1v) is 20.8. The molecule has 2 aliphatic rings. The van der Waals surface area contributed by atoms with Crippen LogP contribution in [0.5, 0.6) is 5.75 Å². The van der Waals surface area contributed by atoms with Crippen LogP contribution in [0.2, 0.25) is 0 Å². The van der Waals surface area contributed by atoms with Gasteiger partial charge >= 0.3 is 11.9 Å². The van der Waals surface area contributed by atoms with Gasteiger partial charge in [-0.15, -0.1) is 0 Å². The van der Waals surface area contributed by atoms with E-state index in [1.807, 2.05) is 42.5 Å². The smallest absolute Gasteiger partial charge is 0.324 e. The zero-order valence-corrected chi connectivity index (χ0v) is 37.7. The SMILES string of the molecule is CCCCC(C(=O)OC1CC(C)(C)N(C)C(C)(C)C1)(C(=O)OC1CC(C)(C)N(C)C(C)(C)C1)C(c1ccccc1)c1cc(C(C)(C)C)c(O)c(C(C)(C)C)c1.